The van der Waals surface area contributed by atoms with Gasteiger partial charge in [-0.2, -0.15) is 0 Å². The van der Waals surface area contributed by atoms with Gasteiger partial charge in [-0.1, -0.05) is 12.1 Å². The van der Waals surface area contributed by atoms with Crippen molar-refractivity contribution in [2.24, 2.45) is 0 Å². The Morgan fingerprint density at radius 1 is 0.897 bits per heavy atom. The van der Waals surface area contributed by atoms with Gasteiger partial charge in [0.1, 0.15) is 11.5 Å². The van der Waals surface area contributed by atoms with E-state index in [1.807, 2.05) is 24.3 Å². The van der Waals surface area contributed by atoms with Crippen LogP contribution in [0.1, 0.15) is 41.4 Å². The molecular formula is C21H27O6PS. The molecule has 0 spiro atoms. The van der Waals surface area contributed by atoms with Gasteiger partial charge in [-0.3, -0.25) is 4.79 Å². The van der Waals surface area contributed by atoms with E-state index in [-0.39, 0.29) is 25.4 Å². The first kappa shape index (κ1) is 23.5. The van der Waals surface area contributed by atoms with Gasteiger partial charge < -0.3 is 18.5 Å². The second-order valence-electron chi connectivity index (χ2n) is 6.01. The number of rotatable bonds is 12. The van der Waals surface area contributed by atoms with Crippen LogP contribution in [-0.4, -0.2) is 33.2 Å². The molecule has 0 bridgehead atoms. The predicted molar refractivity (Wildman–Crippen MR) is 116 cm³/mol. The summed E-state index contributed by atoms with van der Waals surface area (Å²) in [5.41, 5.74) is 1.41. The highest BCUT2D eigenvalue weighted by atomic mass is 32.7. The third-order valence-corrected chi connectivity index (χ3v) is 8.37. The first-order valence-electron chi connectivity index (χ1n) is 9.33. The molecular weight excluding hydrogens is 411 g/mol. The molecule has 2 aromatic rings. The lowest BCUT2D eigenvalue weighted by molar-refractivity contribution is 0.0982. The molecule has 0 N–H and O–H groups in total. The third kappa shape index (κ3) is 6.89. The fraction of sp³-hybridized carbons (Fsp3) is 0.381. The van der Waals surface area contributed by atoms with Gasteiger partial charge in [-0.25, -0.2) is 4.57 Å². The summed E-state index contributed by atoms with van der Waals surface area (Å²) in [6, 6.07) is 14.3. The lowest BCUT2D eigenvalue weighted by Gasteiger charge is -2.22. The van der Waals surface area contributed by atoms with Crippen LogP contribution >= 0.6 is 18.2 Å². The average Bonchev–Trinajstić information content (AvgIpc) is 2.73. The number of hydrogen-bond donors (Lipinski definition) is 0. The van der Waals surface area contributed by atoms with Gasteiger partial charge in [0, 0.05) is 17.2 Å². The molecule has 0 aliphatic carbocycles. The molecule has 158 valence electrons. The predicted octanol–water partition coefficient (Wildman–Crippen LogP) is 5.93. The summed E-state index contributed by atoms with van der Waals surface area (Å²) >= 11 is 1.06. The van der Waals surface area contributed by atoms with Gasteiger partial charge in [-0.05, 0) is 67.2 Å². The van der Waals surface area contributed by atoms with Gasteiger partial charge in [0.05, 0.1) is 27.4 Å². The Bertz CT molecular complexity index is 812. The zero-order valence-electron chi connectivity index (χ0n) is 17.1. The van der Waals surface area contributed by atoms with Crippen molar-refractivity contribution in [3.8, 4) is 11.5 Å². The molecule has 6 nitrogen and oxygen atoms in total. The van der Waals surface area contributed by atoms with Crippen LogP contribution in [0.3, 0.4) is 0 Å². The second kappa shape index (κ2) is 11.4. The molecule has 0 saturated carbocycles. The Hall–Kier alpha value is -1.79. The van der Waals surface area contributed by atoms with Crippen molar-refractivity contribution < 1.29 is 27.9 Å². The van der Waals surface area contributed by atoms with Gasteiger partial charge in [0.15, 0.2) is 5.78 Å². The molecule has 0 aliphatic rings. The largest absolute Gasteiger partial charge is 0.497 e. The van der Waals surface area contributed by atoms with E-state index in [0.717, 1.165) is 16.9 Å². The van der Waals surface area contributed by atoms with Crippen molar-refractivity contribution in [3.63, 3.8) is 0 Å². The smallest absolute Gasteiger partial charge is 0.389 e. The SMILES string of the molecule is CCOP(=O)(OCC)S[C@H](CC(=O)c1ccc(OC)cc1)c1ccc(OC)cc1. The van der Waals surface area contributed by atoms with E-state index in [0.29, 0.717) is 17.1 Å². The van der Waals surface area contributed by atoms with E-state index in [9.17, 15) is 9.36 Å². The summed E-state index contributed by atoms with van der Waals surface area (Å²) in [4.78, 5) is 12.9. The van der Waals surface area contributed by atoms with Crippen molar-refractivity contribution in [1.29, 1.82) is 0 Å². The molecule has 2 rings (SSSR count). The Morgan fingerprint density at radius 3 is 1.83 bits per heavy atom. The highest BCUT2D eigenvalue weighted by molar-refractivity contribution is 8.55. The van der Waals surface area contributed by atoms with Crippen molar-refractivity contribution in [3.05, 3.63) is 59.7 Å². The zero-order valence-corrected chi connectivity index (χ0v) is 18.8. The average molecular weight is 438 g/mol. The maximum Gasteiger partial charge on any atom is 0.389 e. The number of Topliss-reactive ketones (excluding diaryl/α,β-unsaturated/α-hetero) is 1. The summed E-state index contributed by atoms with van der Waals surface area (Å²) < 4.78 is 34.3. The van der Waals surface area contributed by atoms with Crippen LogP contribution in [0.5, 0.6) is 11.5 Å². The molecule has 0 amide bonds. The van der Waals surface area contributed by atoms with Gasteiger partial charge in [-0.15, -0.1) is 0 Å². The van der Waals surface area contributed by atoms with Crippen LogP contribution in [-0.2, 0) is 13.6 Å². The molecule has 0 aliphatic heterocycles. The molecule has 0 radical (unpaired) electrons. The highest BCUT2D eigenvalue weighted by Gasteiger charge is 2.32. The van der Waals surface area contributed by atoms with Crippen molar-refractivity contribution in [2.45, 2.75) is 25.5 Å². The standard InChI is InChI=1S/C21H27O6PS/c1-5-26-28(23,27-6-2)29-21(17-9-13-19(25-4)14-10-17)15-20(22)16-7-11-18(24-3)12-8-16/h7-14,21H,5-6,15H2,1-4H3/t21-/m1/s1. The van der Waals surface area contributed by atoms with Crippen LogP contribution in [0.2, 0.25) is 0 Å². The Balaban J connectivity index is 2.29. The van der Waals surface area contributed by atoms with Crippen molar-refractivity contribution in [1.82, 2.24) is 0 Å². The number of benzene rings is 2. The van der Waals surface area contributed by atoms with E-state index < -0.39 is 12.0 Å². The fourth-order valence-electron chi connectivity index (χ4n) is 2.67. The number of ether oxygens (including phenoxy) is 2. The summed E-state index contributed by atoms with van der Waals surface area (Å²) in [6.07, 6.45) is 0.146. The number of ketones is 1. The number of methoxy groups -OCH3 is 2. The molecule has 2 aromatic carbocycles. The van der Waals surface area contributed by atoms with E-state index >= 15 is 0 Å². The van der Waals surface area contributed by atoms with Crippen LogP contribution in [0.25, 0.3) is 0 Å². The van der Waals surface area contributed by atoms with E-state index in [2.05, 4.69) is 0 Å². The third-order valence-electron chi connectivity index (χ3n) is 4.10. The van der Waals surface area contributed by atoms with Crippen molar-refractivity contribution in [2.75, 3.05) is 27.4 Å². The topological polar surface area (TPSA) is 71.1 Å². The molecule has 0 unspecified atom stereocenters. The number of carbonyl (C=O) groups excluding carboxylic acids is 1. The minimum atomic E-state index is -3.41. The quantitative estimate of drug-likeness (QED) is 0.300. The monoisotopic (exact) mass is 438 g/mol. The Morgan fingerprint density at radius 2 is 1.38 bits per heavy atom. The molecule has 0 heterocycles. The minimum absolute atomic E-state index is 0.0690. The lowest BCUT2D eigenvalue weighted by atomic mass is 10.0. The fourth-order valence-corrected chi connectivity index (χ4v) is 6.83. The Labute approximate surface area is 176 Å². The molecule has 8 heteroatoms. The van der Waals surface area contributed by atoms with E-state index in [1.165, 1.54) is 0 Å². The molecule has 0 saturated heterocycles. The van der Waals surface area contributed by atoms with Crippen LogP contribution in [0.4, 0.5) is 0 Å². The molecule has 1 atom stereocenters. The maximum atomic E-state index is 13.1. The molecule has 0 fully saturated rings. The maximum absolute atomic E-state index is 13.1. The molecule has 0 aromatic heterocycles. The zero-order chi connectivity index (χ0) is 21.3. The first-order valence-corrected chi connectivity index (χ1v) is 12.4. The van der Waals surface area contributed by atoms with Crippen molar-refractivity contribution >= 4 is 24.0 Å². The van der Waals surface area contributed by atoms with E-state index in [4.69, 9.17) is 18.5 Å². The van der Waals surface area contributed by atoms with Crippen LogP contribution in [0.15, 0.2) is 48.5 Å². The molecule has 29 heavy (non-hydrogen) atoms. The van der Waals surface area contributed by atoms with Crippen LogP contribution in [0, 0.1) is 0 Å². The van der Waals surface area contributed by atoms with Crippen LogP contribution < -0.4 is 9.47 Å². The summed E-state index contributed by atoms with van der Waals surface area (Å²) in [7, 11) is 3.17. The first-order chi connectivity index (χ1) is 13.9. The number of hydrogen-bond acceptors (Lipinski definition) is 7. The minimum Gasteiger partial charge on any atom is -0.497 e. The highest BCUT2D eigenvalue weighted by Crippen LogP contribution is 2.66. The normalized spacial score (nSPS) is 12.4. The van der Waals surface area contributed by atoms with Gasteiger partial charge in [0.25, 0.3) is 0 Å². The van der Waals surface area contributed by atoms with Gasteiger partial charge in [0.2, 0.25) is 0 Å². The number of carbonyl (C=O) groups is 1. The summed E-state index contributed by atoms with van der Waals surface area (Å²) in [5, 5.41) is -0.403. The summed E-state index contributed by atoms with van der Waals surface area (Å²) in [5.74, 6) is 1.32. The van der Waals surface area contributed by atoms with Gasteiger partial charge >= 0.3 is 6.80 Å². The summed E-state index contributed by atoms with van der Waals surface area (Å²) in [6.45, 7) is 0.627. The Kier molecular flexibility index (Phi) is 9.24. The lowest BCUT2D eigenvalue weighted by Crippen LogP contribution is -2.07. The second-order valence-corrected chi connectivity index (χ2v) is 10.2. The van der Waals surface area contributed by atoms with E-state index in [1.54, 1.807) is 52.3 Å².